The Morgan fingerprint density at radius 2 is 1.86 bits per heavy atom. The number of aromatic nitrogens is 4. The molecule has 10 nitrogen and oxygen atoms in total. The Morgan fingerprint density at radius 1 is 1.12 bits per heavy atom. The Morgan fingerprint density at radius 3 is 2.55 bits per heavy atom. The number of nitrogens with zero attached hydrogens (tertiary/aromatic N) is 4. The van der Waals surface area contributed by atoms with Gasteiger partial charge < -0.3 is 20.8 Å². The molecule has 14 heteroatoms. The van der Waals surface area contributed by atoms with Gasteiger partial charge in [0.05, 0.1) is 42.3 Å². The first kappa shape index (κ1) is 26.3. The quantitative estimate of drug-likeness (QED) is 0.218. The normalized spacial score (nSPS) is 23.6. The number of halogens is 2. The Balaban J connectivity index is 1.42. The molecule has 3 aromatic heterocycles. The third-order valence-corrected chi connectivity index (χ3v) is 9.58. The van der Waals surface area contributed by atoms with E-state index in [1.54, 1.807) is 13.1 Å². The van der Waals surface area contributed by atoms with E-state index in [4.69, 9.17) is 7.73 Å². The molecule has 4 N–H and O–H groups in total. The highest BCUT2D eigenvalue weighted by Gasteiger charge is 2.43. The standard InChI is InChI=1S/C28H30F2N6O4S2/c1-13-21(27-35-23-20(41-27)8-9-31-22(23)14-6-7-14)26(34-19-10-15(12-42(2,39)40)24(37)25(19)38)36-28(33-13)32-11-16-17(29)4-3-5-18(16)30/h3-5,8-9,14-15,19,24-25,37-38H,6-7,10-12H2,1-2H3,(H2,32,33,34,36)/t15-,19-,24-,25+/m1/s1/i11D2. The van der Waals surface area contributed by atoms with Crippen molar-refractivity contribution in [1.82, 2.24) is 19.9 Å². The number of hydrogen-bond acceptors (Lipinski definition) is 11. The molecule has 0 aliphatic heterocycles. The second kappa shape index (κ2) is 11.1. The van der Waals surface area contributed by atoms with Crippen molar-refractivity contribution < 1.29 is 30.2 Å². The molecule has 42 heavy (non-hydrogen) atoms. The second-order valence-electron chi connectivity index (χ2n) is 10.9. The number of hydrogen-bond donors (Lipinski definition) is 4. The van der Waals surface area contributed by atoms with Crippen molar-refractivity contribution in [3.63, 3.8) is 0 Å². The van der Waals surface area contributed by atoms with Crippen LogP contribution in [0.1, 0.15) is 44.9 Å². The first-order chi connectivity index (χ1) is 20.7. The van der Waals surface area contributed by atoms with E-state index in [0.29, 0.717) is 22.2 Å². The Labute approximate surface area is 248 Å². The van der Waals surface area contributed by atoms with Crippen LogP contribution in [0, 0.1) is 24.5 Å². The number of aliphatic hydroxyl groups is 2. The first-order valence-electron chi connectivity index (χ1n) is 14.4. The van der Waals surface area contributed by atoms with Crippen LogP contribution in [-0.2, 0) is 16.3 Å². The molecular formula is C28H30F2N6O4S2. The molecule has 0 radical (unpaired) electrons. The fourth-order valence-electron chi connectivity index (χ4n) is 5.36. The van der Waals surface area contributed by atoms with E-state index < -0.39 is 57.7 Å². The zero-order valence-corrected chi connectivity index (χ0v) is 24.3. The summed E-state index contributed by atoms with van der Waals surface area (Å²) in [4.78, 5) is 18.3. The lowest BCUT2D eigenvalue weighted by molar-refractivity contribution is 0.0216. The molecule has 0 amide bonds. The number of nitrogens with one attached hydrogen (secondary N) is 2. The van der Waals surface area contributed by atoms with Gasteiger partial charge in [-0.05, 0) is 44.4 Å². The molecule has 222 valence electrons. The van der Waals surface area contributed by atoms with E-state index in [-0.39, 0.29) is 23.9 Å². The topological polar surface area (TPSA) is 150 Å². The SMILES string of the molecule is [2H]C([2H])(Nc1nc(C)c(-c2nc3c(C4CC4)nccc3s2)c(N[C@@H]2C[C@H](CS(C)(=O)=O)[C@@H](O)[C@H]2O)n1)c1c(F)cccc1F. The molecule has 0 unspecified atom stereocenters. The lowest BCUT2D eigenvalue weighted by Gasteiger charge is -2.21. The molecule has 2 aliphatic carbocycles. The Kier molecular flexibility index (Phi) is 6.93. The van der Waals surface area contributed by atoms with Gasteiger partial charge in [-0.25, -0.2) is 27.2 Å². The van der Waals surface area contributed by atoms with E-state index in [2.05, 4.69) is 25.6 Å². The highest BCUT2D eigenvalue weighted by molar-refractivity contribution is 7.90. The number of thiazole rings is 1. The number of pyridine rings is 1. The Hall–Kier alpha value is -3.33. The highest BCUT2D eigenvalue weighted by Crippen LogP contribution is 2.44. The third kappa shape index (κ3) is 5.80. The minimum atomic E-state index is -3.45. The van der Waals surface area contributed by atoms with Crippen LogP contribution >= 0.6 is 11.3 Å². The van der Waals surface area contributed by atoms with E-state index in [0.717, 1.165) is 53.2 Å². The van der Waals surface area contributed by atoms with Crippen LogP contribution in [0.4, 0.5) is 20.5 Å². The van der Waals surface area contributed by atoms with Crippen molar-refractivity contribution in [1.29, 1.82) is 0 Å². The van der Waals surface area contributed by atoms with E-state index in [9.17, 15) is 27.4 Å². The van der Waals surface area contributed by atoms with Crippen molar-refractivity contribution in [3.8, 4) is 10.6 Å². The van der Waals surface area contributed by atoms with Gasteiger partial charge in [0.15, 0.2) is 0 Å². The predicted octanol–water partition coefficient (Wildman–Crippen LogP) is 3.79. The van der Waals surface area contributed by atoms with E-state index >= 15 is 0 Å². The lowest BCUT2D eigenvalue weighted by atomic mass is 10.1. The maximum atomic E-state index is 14.5. The number of sulfone groups is 1. The highest BCUT2D eigenvalue weighted by atomic mass is 32.2. The van der Waals surface area contributed by atoms with Crippen LogP contribution in [0.2, 0.25) is 0 Å². The number of fused-ring (bicyclic) bond motifs is 1. The van der Waals surface area contributed by atoms with Gasteiger partial charge >= 0.3 is 0 Å². The second-order valence-corrected chi connectivity index (χ2v) is 14.1. The monoisotopic (exact) mass is 618 g/mol. The number of aryl methyl sites for hydroxylation is 1. The summed E-state index contributed by atoms with van der Waals surface area (Å²) in [5.74, 6) is -3.11. The molecule has 0 saturated heterocycles. The minimum Gasteiger partial charge on any atom is -0.390 e. The molecule has 2 fully saturated rings. The summed E-state index contributed by atoms with van der Waals surface area (Å²) in [7, 11) is -3.45. The Bertz CT molecular complexity index is 1840. The number of rotatable bonds is 9. The van der Waals surface area contributed by atoms with Crippen LogP contribution in [-0.4, -0.2) is 68.8 Å². The summed E-state index contributed by atoms with van der Waals surface area (Å²) in [6.45, 7) is -1.11. The van der Waals surface area contributed by atoms with Crippen molar-refractivity contribution >= 4 is 43.2 Å². The van der Waals surface area contributed by atoms with Crippen molar-refractivity contribution in [2.75, 3.05) is 22.6 Å². The zero-order valence-electron chi connectivity index (χ0n) is 24.7. The number of anilines is 2. The smallest absolute Gasteiger partial charge is 0.225 e. The average molecular weight is 619 g/mol. The molecule has 4 aromatic rings. The van der Waals surface area contributed by atoms with Gasteiger partial charge in [-0.15, -0.1) is 11.3 Å². The maximum absolute atomic E-state index is 14.5. The van der Waals surface area contributed by atoms with E-state index in [1.165, 1.54) is 11.3 Å². The molecule has 3 heterocycles. The first-order valence-corrected chi connectivity index (χ1v) is 16.3. The molecule has 2 saturated carbocycles. The van der Waals surface area contributed by atoms with Crippen LogP contribution in [0.3, 0.4) is 0 Å². The van der Waals surface area contributed by atoms with Gasteiger partial charge in [-0.2, -0.15) is 4.98 Å². The summed E-state index contributed by atoms with van der Waals surface area (Å²) >= 11 is 1.37. The largest absolute Gasteiger partial charge is 0.390 e. The fraction of sp³-hybridized carbons (Fsp3) is 0.429. The van der Waals surface area contributed by atoms with Crippen molar-refractivity contribution in [3.05, 3.63) is 59.0 Å². The van der Waals surface area contributed by atoms with Gasteiger partial charge in [0, 0.05) is 36.3 Å². The molecule has 0 bridgehead atoms. The molecule has 1 aromatic carbocycles. The summed E-state index contributed by atoms with van der Waals surface area (Å²) in [5, 5.41) is 27.5. The number of aliphatic hydroxyl groups excluding tert-OH is 2. The molecular weight excluding hydrogens is 586 g/mol. The van der Waals surface area contributed by atoms with Crippen LogP contribution in [0.25, 0.3) is 20.8 Å². The van der Waals surface area contributed by atoms with E-state index in [1.807, 2.05) is 6.07 Å². The third-order valence-electron chi connectivity index (χ3n) is 7.51. The van der Waals surface area contributed by atoms with Gasteiger partial charge in [0.25, 0.3) is 0 Å². The summed E-state index contributed by atoms with van der Waals surface area (Å²) in [6, 6.07) is 4.03. The number of benzene rings is 1. The van der Waals surface area contributed by atoms with Crippen molar-refractivity contribution in [2.45, 2.75) is 56.9 Å². The summed E-state index contributed by atoms with van der Waals surface area (Å²) < 4.78 is 70.6. The predicted molar refractivity (Wildman–Crippen MR) is 156 cm³/mol. The molecule has 0 spiro atoms. The van der Waals surface area contributed by atoms with Crippen LogP contribution in [0.15, 0.2) is 30.5 Å². The van der Waals surface area contributed by atoms with Crippen LogP contribution < -0.4 is 10.6 Å². The van der Waals surface area contributed by atoms with Gasteiger partial charge in [0.1, 0.15) is 43.9 Å². The van der Waals surface area contributed by atoms with Crippen molar-refractivity contribution in [2.24, 2.45) is 5.92 Å². The molecule has 4 atom stereocenters. The average Bonchev–Trinajstić information content (AvgIpc) is 3.62. The fourth-order valence-corrected chi connectivity index (χ4v) is 7.54. The zero-order chi connectivity index (χ0) is 31.6. The van der Waals surface area contributed by atoms with Gasteiger partial charge in [-0.1, -0.05) is 6.07 Å². The minimum absolute atomic E-state index is 0.0948. The van der Waals surface area contributed by atoms with Gasteiger partial charge in [-0.3, -0.25) is 4.98 Å². The van der Waals surface area contributed by atoms with Crippen LogP contribution in [0.5, 0.6) is 0 Å². The molecule has 2 aliphatic rings. The maximum Gasteiger partial charge on any atom is 0.225 e. The summed E-state index contributed by atoms with van der Waals surface area (Å²) in [6.07, 6.45) is 2.26. The lowest BCUT2D eigenvalue weighted by Crippen LogP contribution is -2.36. The van der Waals surface area contributed by atoms with Gasteiger partial charge in [0.2, 0.25) is 5.95 Å². The summed E-state index contributed by atoms with van der Waals surface area (Å²) in [5.41, 5.74) is 1.58. The molecule has 6 rings (SSSR count).